The summed E-state index contributed by atoms with van der Waals surface area (Å²) < 4.78 is 0. The van der Waals surface area contributed by atoms with Crippen molar-refractivity contribution in [1.29, 1.82) is 0 Å². The lowest BCUT2D eigenvalue weighted by molar-refractivity contribution is 0.583. The predicted octanol–water partition coefficient (Wildman–Crippen LogP) is 6.58. The van der Waals surface area contributed by atoms with Crippen molar-refractivity contribution in [1.82, 2.24) is 0 Å². The minimum atomic E-state index is -0.156. The Morgan fingerprint density at radius 2 is 1.52 bits per heavy atom. The van der Waals surface area contributed by atoms with Crippen LogP contribution in [0.1, 0.15) is 54.0 Å². The van der Waals surface area contributed by atoms with E-state index in [1.165, 1.54) is 11.1 Å². The van der Waals surface area contributed by atoms with Gasteiger partial charge in [-0.15, -0.1) is 11.6 Å². The molecule has 21 heavy (non-hydrogen) atoms. The molecule has 1 unspecified atom stereocenters. The molecule has 0 N–H and O–H groups in total. The average Bonchev–Trinajstić information content (AvgIpc) is 2.41. The molecule has 112 valence electrons. The molecule has 1 atom stereocenters. The minimum absolute atomic E-state index is 0.0686. The largest absolute Gasteiger partial charge is 0.113 e. The zero-order chi connectivity index (χ0) is 15.8. The zero-order valence-corrected chi connectivity index (χ0v) is 14.8. The third kappa shape index (κ3) is 3.44. The summed E-state index contributed by atoms with van der Waals surface area (Å²) in [5.41, 5.74) is 5.87. The Morgan fingerprint density at radius 1 is 0.905 bits per heavy atom. The maximum atomic E-state index is 6.83. The molecule has 0 aromatic heterocycles. The van der Waals surface area contributed by atoms with Crippen molar-refractivity contribution < 1.29 is 0 Å². The molecule has 0 amide bonds. The van der Waals surface area contributed by atoms with E-state index < -0.39 is 0 Å². The highest BCUT2D eigenvalue weighted by Crippen LogP contribution is 2.38. The summed E-state index contributed by atoms with van der Waals surface area (Å²) >= 11 is 13.0. The van der Waals surface area contributed by atoms with E-state index in [2.05, 4.69) is 58.0 Å². The van der Waals surface area contributed by atoms with Crippen LogP contribution in [-0.4, -0.2) is 0 Å². The van der Waals surface area contributed by atoms with E-state index in [-0.39, 0.29) is 10.8 Å². The number of rotatable bonds is 2. The lowest BCUT2D eigenvalue weighted by Crippen LogP contribution is -2.15. The van der Waals surface area contributed by atoms with Gasteiger partial charge in [0.15, 0.2) is 0 Å². The summed E-state index contributed by atoms with van der Waals surface area (Å²) in [5, 5.41) is 0.639. The first-order valence-corrected chi connectivity index (χ1v) is 8.03. The summed E-state index contributed by atoms with van der Waals surface area (Å²) in [7, 11) is 0. The molecule has 0 spiro atoms. The van der Waals surface area contributed by atoms with E-state index in [0.29, 0.717) is 0 Å². The SMILES string of the molecule is Cc1cc(C(Cl)c2ccccc2C(C)(C)C)c(C)cc1Cl. The maximum Gasteiger partial charge on any atom is 0.0840 e. The molecule has 2 aromatic rings. The number of alkyl halides is 1. The van der Waals surface area contributed by atoms with Gasteiger partial charge in [0.05, 0.1) is 5.38 Å². The highest BCUT2D eigenvalue weighted by molar-refractivity contribution is 6.31. The first kappa shape index (κ1) is 16.4. The fraction of sp³-hybridized carbons (Fsp3) is 0.368. The average molecular weight is 321 g/mol. The fourth-order valence-corrected chi connectivity index (χ4v) is 3.29. The number of halogens is 2. The highest BCUT2D eigenvalue weighted by Gasteiger charge is 2.23. The topological polar surface area (TPSA) is 0 Å². The maximum absolute atomic E-state index is 6.83. The van der Waals surface area contributed by atoms with Crippen molar-refractivity contribution >= 4 is 23.2 Å². The molecule has 0 aliphatic heterocycles. The molecule has 2 aromatic carbocycles. The monoisotopic (exact) mass is 320 g/mol. The van der Waals surface area contributed by atoms with E-state index in [1.54, 1.807) is 0 Å². The summed E-state index contributed by atoms with van der Waals surface area (Å²) in [6.07, 6.45) is 0. The van der Waals surface area contributed by atoms with E-state index in [0.717, 1.165) is 21.7 Å². The molecule has 0 saturated heterocycles. The van der Waals surface area contributed by atoms with E-state index in [9.17, 15) is 0 Å². The smallest absolute Gasteiger partial charge is 0.0840 e. The van der Waals surface area contributed by atoms with Crippen LogP contribution in [0.4, 0.5) is 0 Å². The van der Waals surface area contributed by atoms with Gasteiger partial charge in [0.1, 0.15) is 0 Å². The molecular formula is C19H22Cl2. The first-order chi connectivity index (χ1) is 9.71. The van der Waals surface area contributed by atoms with Crippen molar-refractivity contribution in [2.45, 2.75) is 45.4 Å². The molecule has 0 fully saturated rings. The molecule has 0 bridgehead atoms. The minimum Gasteiger partial charge on any atom is -0.113 e. The third-order valence-electron chi connectivity index (χ3n) is 3.86. The van der Waals surface area contributed by atoms with E-state index in [4.69, 9.17) is 23.2 Å². The molecule has 0 nitrogen and oxygen atoms in total. The second kappa shape index (κ2) is 6.02. The van der Waals surface area contributed by atoms with Crippen LogP contribution in [0.3, 0.4) is 0 Å². The van der Waals surface area contributed by atoms with Gasteiger partial charge in [-0.05, 0) is 53.1 Å². The summed E-state index contributed by atoms with van der Waals surface area (Å²) in [6, 6.07) is 12.5. The van der Waals surface area contributed by atoms with Crippen LogP contribution < -0.4 is 0 Å². The Balaban J connectivity index is 2.56. The van der Waals surface area contributed by atoms with Gasteiger partial charge in [-0.3, -0.25) is 0 Å². The molecule has 0 aliphatic rings. The van der Waals surface area contributed by atoms with Crippen LogP contribution in [0.5, 0.6) is 0 Å². The second-order valence-corrected chi connectivity index (χ2v) is 7.50. The molecule has 2 rings (SSSR count). The summed E-state index contributed by atoms with van der Waals surface area (Å²) in [4.78, 5) is 0. The normalized spacial score (nSPS) is 13.3. The van der Waals surface area contributed by atoms with Crippen molar-refractivity contribution in [3.63, 3.8) is 0 Å². The standard InChI is InChI=1S/C19H22Cl2/c1-12-11-17(20)13(2)10-15(12)18(21)14-8-6-7-9-16(14)19(3,4)5/h6-11,18H,1-5H3. The first-order valence-electron chi connectivity index (χ1n) is 7.22. The zero-order valence-electron chi connectivity index (χ0n) is 13.3. The fourth-order valence-electron chi connectivity index (χ4n) is 2.64. The number of hydrogen-bond donors (Lipinski definition) is 0. The van der Waals surface area contributed by atoms with Crippen molar-refractivity contribution in [2.75, 3.05) is 0 Å². The van der Waals surface area contributed by atoms with Crippen LogP contribution in [-0.2, 0) is 5.41 Å². The summed E-state index contributed by atoms with van der Waals surface area (Å²) in [6.45, 7) is 10.7. The second-order valence-electron chi connectivity index (χ2n) is 6.66. The van der Waals surface area contributed by atoms with Gasteiger partial charge in [-0.2, -0.15) is 0 Å². The number of benzene rings is 2. The Labute approximate surface area is 138 Å². The predicted molar refractivity (Wildman–Crippen MR) is 93.8 cm³/mol. The van der Waals surface area contributed by atoms with E-state index in [1.807, 2.05) is 13.0 Å². The van der Waals surface area contributed by atoms with Gasteiger partial charge in [0.25, 0.3) is 0 Å². The van der Waals surface area contributed by atoms with Crippen molar-refractivity contribution in [3.8, 4) is 0 Å². The van der Waals surface area contributed by atoms with Gasteiger partial charge in [-0.25, -0.2) is 0 Å². The molecule has 0 radical (unpaired) electrons. The van der Waals surface area contributed by atoms with Crippen LogP contribution in [0.2, 0.25) is 5.02 Å². The van der Waals surface area contributed by atoms with Crippen LogP contribution in [0, 0.1) is 13.8 Å². The molecule has 0 aliphatic carbocycles. The van der Waals surface area contributed by atoms with E-state index >= 15 is 0 Å². The molecule has 0 heterocycles. The lowest BCUT2D eigenvalue weighted by Gasteiger charge is -2.26. The number of aryl methyl sites for hydroxylation is 2. The van der Waals surface area contributed by atoms with Crippen LogP contribution >= 0.6 is 23.2 Å². The Kier molecular flexibility index (Phi) is 4.70. The third-order valence-corrected chi connectivity index (χ3v) is 4.74. The van der Waals surface area contributed by atoms with Crippen LogP contribution in [0.25, 0.3) is 0 Å². The Hall–Kier alpha value is -0.980. The number of hydrogen-bond acceptors (Lipinski definition) is 0. The molecular weight excluding hydrogens is 299 g/mol. The van der Waals surface area contributed by atoms with Crippen molar-refractivity contribution in [3.05, 3.63) is 69.2 Å². The lowest BCUT2D eigenvalue weighted by atomic mass is 9.81. The van der Waals surface area contributed by atoms with Gasteiger partial charge in [-0.1, -0.05) is 62.7 Å². The Bertz CT molecular complexity index is 651. The van der Waals surface area contributed by atoms with Gasteiger partial charge >= 0.3 is 0 Å². The molecule has 0 saturated carbocycles. The summed E-state index contributed by atoms with van der Waals surface area (Å²) in [5.74, 6) is 0. The van der Waals surface area contributed by atoms with Crippen molar-refractivity contribution in [2.24, 2.45) is 0 Å². The Morgan fingerprint density at radius 3 is 2.14 bits per heavy atom. The molecule has 2 heteroatoms. The quantitative estimate of drug-likeness (QED) is 0.548. The highest BCUT2D eigenvalue weighted by atomic mass is 35.5. The van der Waals surface area contributed by atoms with Gasteiger partial charge in [0.2, 0.25) is 0 Å². The van der Waals surface area contributed by atoms with Crippen LogP contribution in [0.15, 0.2) is 36.4 Å². The van der Waals surface area contributed by atoms with Gasteiger partial charge < -0.3 is 0 Å². The van der Waals surface area contributed by atoms with Gasteiger partial charge in [0, 0.05) is 5.02 Å².